The number of carbonyl (C=O) groups is 5. The molecule has 11 nitrogen and oxygen atoms in total. The quantitative estimate of drug-likeness (QED) is 0.197. The van der Waals surface area contributed by atoms with Crippen molar-refractivity contribution in [1.82, 2.24) is 26.3 Å². The van der Waals surface area contributed by atoms with E-state index in [4.69, 9.17) is 4.74 Å². The van der Waals surface area contributed by atoms with Gasteiger partial charge in [0.25, 0.3) is 11.8 Å². The molecule has 1 aliphatic carbocycles. The van der Waals surface area contributed by atoms with Crippen LogP contribution in [0.25, 0.3) is 10.9 Å². The molecule has 11 heteroatoms. The average molecular weight is 616 g/mol. The summed E-state index contributed by atoms with van der Waals surface area (Å²) < 4.78 is 5.28. The smallest absolute Gasteiger partial charge is 0.289 e. The van der Waals surface area contributed by atoms with Crippen molar-refractivity contribution in [2.75, 3.05) is 13.7 Å². The minimum atomic E-state index is -1.23. The second-order valence-electron chi connectivity index (χ2n) is 12.0. The number of carbonyl (C=O) groups excluding carboxylic acids is 5. The largest absolute Gasteiger partial charge is 0.497 e. The van der Waals surface area contributed by atoms with Crippen LogP contribution in [0.3, 0.4) is 0 Å². The first kappa shape index (κ1) is 31.7. The Bertz CT molecular complexity index is 1530. The number of fused-ring (bicyclic) bond motifs is 1. The fourth-order valence-electron chi connectivity index (χ4n) is 6.17. The molecule has 1 saturated heterocycles. The Labute approximate surface area is 262 Å². The number of methoxy groups -OCH3 is 1. The van der Waals surface area contributed by atoms with Gasteiger partial charge in [0, 0.05) is 35.8 Å². The van der Waals surface area contributed by atoms with Gasteiger partial charge in [-0.05, 0) is 61.9 Å². The van der Waals surface area contributed by atoms with E-state index in [-0.39, 0.29) is 30.5 Å². The van der Waals surface area contributed by atoms with Crippen molar-refractivity contribution in [3.63, 3.8) is 0 Å². The first-order valence-electron chi connectivity index (χ1n) is 15.7. The molecule has 2 fully saturated rings. The summed E-state index contributed by atoms with van der Waals surface area (Å²) in [5.74, 6) is -2.77. The lowest BCUT2D eigenvalue weighted by molar-refractivity contribution is -0.141. The predicted octanol–water partition coefficient (Wildman–Crippen LogP) is 2.94. The third-order valence-corrected chi connectivity index (χ3v) is 8.69. The lowest BCUT2D eigenvalue weighted by Crippen LogP contribution is -2.56. The highest BCUT2D eigenvalue weighted by atomic mass is 16.5. The van der Waals surface area contributed by atoms with Crippen LogP contribution in [0.5, 0.6) is 5.75 Å². The number of Topliss-reactive ketones (excluding diaryl/α,β-unsaturated/α-hetero) is 1. The van der Waals surface area contributed by atoms with Gasteiger partial charge in [-0.3, -0.25) is 24.0 Å². The summed E-state index contributed by atoms with van der Waals surface area (Å²) in [5, 5.41) is 12.0. The predicted molar refractivity (Wildman–Crippen MR) is 169 cm³/mol. The number of ketones is 1. The molecule has 3 atom stereocenters. The molecule has 1 aliphatic heterocycles. The molecule has 5 rings (SSSR count). The van der Waals surface area contributed by atoms with Crippen LogP contribution in [0.15, 0.2) is 54.6 Å². The van der Waals surface area contributed by atoms with Gasteiger partial charge in [-0.1, -0.05) is 49.6 Å². The van der Waals surface area contributed by atoms with E-state index < -0.39 is 41.5 Å². The van der Waals surface area contributed by atoms with E-state index in [9.17, 15) is 24.0 Å². The maximum absolute atomic E-state index is 13.9. The average Bonchev–Trinajstić information content (AvgIpc) is 3.49. The Balaban J connectivity index is 1.36. The molecule has 1 unspecified atom stereocenters. The molecule has 5 N–H and O–H groups in total. The molecule has 0 radical (unpaired) electrons. The van der Waals surface area contributed by atoms with Gasteiger partial charge in [0.2, 0.25) is 17.6 Å². The van der Waals surface area contributed by atoms with Gasteiger partial charge in [0.1, 0.15) is 17.5 Å². The van der Waals surface area contributed by atoms with Gasteiger partial charge in [-0.2, -0.15) is 0 Å². The van der Waals surface area contributed by atoms with Crippen molar-refractivity contribution in [3.05, 3.63) is 65.9 Å². The lowest BCUT2D eigenvalue weighted by Gasteiger charge is -2.28. The summed E-state index contributed by atoms with van der Waals surface area (Å²) in [6, 6.07) is 13.9. The van der Waals surface area contributed by atoms with Gasteiger partial charge in [0.05, 0.1) is 13.2 Å². The summed E-state index contributed by atoms with van der Waals surface area (Å²) in [6.45, 7) is 0.550. The number of H-pyrrole nitrogens is 1. The summed E-state index contributed by atoms with van der Waals surface area (Å²) in [7, 11) is 1.56. The van der Waals surface area contributed by atoms with E-state index >= 15 is 0 Å². The van der Waals surface area contributed by atoms with E-state index in [1.165, 1.54) is 0 Å². The Morgan fingerprint density at radius 1 is 0.911 bits per heavy atom. The van der Waals surface area contributed by atoms with Gasteiger partial charge in [-0.25, -0.2) is 0 Å². The van der Waals surface area contributed by atoms with E-state index in [1.54, 1.807) is 31.4 Å². The molecule has 4 amide bonds. The molecule has 1 aromatic heterocycles. The second kappa shape index (κ2) is 14.9. The molecule has 2 heterocycles. The number of piperidine rings is 1. The van der Waals surface area contributed by atoms with Crippen molar-refractivity contribution in [2.45, 2.75) is 75.9 Å². The number of rotatable bonds is 12. The van der Waals surface area contributed by atoms with Crippen LogP contribution in [0, 0.1) is 5.92 Å². The van der Waals surface area contributed by atoms with Crippen molar-refractivity contribution in [1.29, 1.82) is 0 Å². The highest BCUT2D eigenvalue weighted by Crippen LogP contribution is 2.22. The topological polar surface area (TPSA) is 158 Å². The number of hydrogen-bond donors (Lipinski definition) is 5. The van der Waals surface area contributed by atoms with Gasteiger partial charge in [0.15, 0.2) is 0 Å². The van der Waals surface area contributed by atoms with Gasteiger partial charge >= 0.3 is 0 Å². The van der Waals surface area contributed by atoms with E-state index in [0.29, 0.717) is 18.7 Å². The highest BCUT2D eigenvalue weighted by molar-refractivity contribution is 6.38. The van der Waals surface area contributed by atoms with E-state index in [2.05, 4.69) is 26.3 Å². The monoisotopic (exact) mass is 615 g/mol. The van der Waals surface area contributed by atoms with Crippen LogP contribution in [-0.2, 0) is 25.6 Å². The van der Waals surface area contributed by atoms with Crippen LogP contribution in [-0.4, -0.2) is 66.2 Å². The summed E-state index contributed by atoms with van der Waals surface area (Å²) in [6.07, 6.45) is 6.07. The standard InChI is InChI=1S/C34H41N5O6/c1-45-25-14-15-26-23(18-25)20-29(37-26)33(43)39-28(17-21-9-4-2-5-10-21)32(42)38-27(19-22-11-8-16-35-31(22)41)30(40)34(44)36-24-12-6-3-7-13-24/h2,4-5,9-10,14-15,18,20,22,24,27-28,37H,3,6-8,11-13,16-17,19H2,1H3,(H,35,41)(H,36,44)(H,38,42)(H,39,43)/t22-,27?,28-/m0/s1. The van der Waals surface area contributed by atoms with Gasteiger partial charge < -0.3 is 31.0 Å². The lowest BCUT2D eigenvalue weighted by atomic mass is 9.89. The first-order valence-corrected chi connectivity index (χ1v) is 15.7. The molecule has 2 aromatic carbocycles. The second-order valence-corrected chi connectivity index (χ2v) is 12.0. The third-order valence-electron chi connectivity index (χ3n) is 8.69. The number of aromatic amines is 1. The Kier molecular flexibility index (Phi) is 10.5. The van der Waals surface area contributed by atoms with Crippen molar-refractivity contribution in [3.8, 4) is 5.75 Å². The summed E-state index contributed by atoms with van der Waals surface area (Å²) >= 11 is 0. The zero-order chi connectivity index (χ0) is 31.8. The molecule has 2 aliphatic rings. The number of ether oxygens (including phenoxy) is 1. The number of aromatic nitrogens is 1. The summed E-state index contributed by atoms with van der Waals surface area (Å²) in [4.78, 5) is 69.7. The Morgan fingerprint density at radius 2 is 1.69 bits per heavy atom. The number of hydrogen-bond acceptors (Lipinski definition) is 6. The normalized spacial score (nSPS) is 18.3. The maximum Gasteiger partial charge on any atom is 0.289 e. The van der Waals surface area contributed by atoms with Crippen LogP contribution < -0.4 is 26.0 Å². The minimum Gasteiger partial charge on any atom is -0.497 e. The van der Waals surface area contributed by atoms with Crippen molar-refractivity contribution >= 4 is 40.3 Å². The molecular formula is C34H41N5O6. The number of benzene rings is 2. The molecule has 0 spiro atoms. The molecule has 1 saturated carbocycles. The fraction of sp³-hybridized carbons (Fsp3) is 0.441. The van der Waals surface area contributed by atoms with Crippen LogP contribution in [0.4, 0.5) is 0 Å². The van der Waals surface area contributed by atoms with Crippen LogP contribution in [0.2, 0.25) is 0 Å². The molecular weight excluding hydrogens is 574 g/mol. The van der Waals surface area contributed by atoms with Crippen LogP contribution >= 0.6 is 0 Å². The zero-order valence-corrected chi connectivity index (χ0v) is 25.5. The molecule has 238 valence electrons. The zero-order valence-electron chi connectivity index (χ0n) is 25.5. The van der Waals surface area contributed by atoms with Crippen molar-refractivity contribution in [2.24, 2.45) is 5.92 Å². The number of nitrogens with one attached hydrogen (secondary N) is 5. The van der Waals surface area contributed by atoms with Crippen molar-refractivity contribution < 1.29 is 28.7 Å². The van der Waals surface area contributed by atoms with E-state index in [1.807, 2.05) is 30.3 Å². The molecule has 3 aromatic rings. The highest BCUT2D eigenvalue weighted by Gasteiger charge is 2.35. The third kappa shape index (κ3) is 8.29. The van der Waals surface area contributed by atoms with E-state index in [0.717, 1.165) is 55.0 Å². The fourth-order valence-corrected chi connectivity index (χ4v) is 6.17. The first-order chi connectivity index (χ1) is 21.8. The Hall–Kier alpha value is -4.67. The molecule has 45 heavy (non-hydrogen) atoms. The van der Waals surface area contributed by atoms with Crippen LogP contribution in [0.1, 0.15) is 67.4 Å². The molecule has 0 bridgehead atoms. The van der Waals surface area contributed by atoms with Gasteiger partial charge in [-0.15, -0.1) is 0 Å². The number of amides is 4. The minimum absolute atomic E-state index is 0.00958. The Morgan fingerprint density at radius 3 is 2.42 bits per heavy atom. The summed E-state index contributed by atoms with van der Waals surface area (Å²) in [5.41, 5.74) is 1.77. The SMILES string of the molecule is COc1ccc2[nH]c(C(=O)N[C@@H](Cc3ccccc3)C(=O)NC(C[C@@H]3CCCNC3=O)C(=O)C(=O)NC3CCCCC3)cc2c1. The maximum atomic E-state index is 13.9.